The second-order valence-electron chi connectivity index (χ2n) is 4.24. The van der Waals surface area contributed by atoms with Gasteiger partial charge in [0.15, 0.2) is 5.66 Å². The molecule has 0 aliphatic heterocycles. The molecule has 2 unspecified atom stereocenters. The Morgan fingerprint density at radius 2 is 1.50 bits per heavy atom. The summed E-state index contributed by atoms with van der Waals surface area (Å²) in [7, 11) is 0. The number of rotatable bonds is 2. The molecule has 0 aromatic carbocycles. The number of hydrogen-bond acceptors (Lipinski definition) is 4. The molecule has 0 saturated heterocycles. The highest BCUT2D eigenvalue weighted by molar-refractivity contribution is 5.39. The summed E-state index contributed by atoms with van der Waals surface area (Å²) in [5, 5.41) is 0. The summed E-state index contributed by atoms with van der Waals surface area (Å²) in [5.41, 5.74) is -0.874. The molecule has 0 amide bonds. The van der Waals surface area contributed by atoms with Crippen LogP contribution >= 0.6 is 0 Å². The zero-order valence-electron chi connectivity index (χ0n) is 8.49. The van der Waals surface area contributed by atoms with Crippen LogP contribution < -0.4 is 0 Å². The Morgan fingerprint density at radius 1 is 1.07 bits per heavy atom. The highest BCUT2D eigenvalue weighted by Gasteiger charge is 2.38. The molecule has 4 nitrogen and oxygen atoms in total. The van der Waals surface area contributed by atoms with Crippen LogP contribution in [0.4, 0.5) is 0 Å². The van der Waals surface area contributed by atoms with Gasteiger partial charge in [0, 0.05) is 0 Å². The van der Waals surface area contributed by atoms with Gasteiger partial charge < -0.3 is 0 Å². The first kappa shape index (κ1) is 10.8. The fourth-order valence-corrected chi connectivity index (χ4v) is 2.43. The molecule has 1 rings (SSSR count). The molecular weight excluding hydrogens is 180 g/mol. The van der Waals surface area contributed by atoms with Crippen LogP contribution in [0.15, 0.2) is 9.98 Å². The summed E-state index contributed by atoms with van der Waals surface area (Å²) in [6.45, 7) is 4.15. The average molecular weight is 194 g/mol. The van der Waals surface area contributed by atoms with Gasteiger partial charge in [-0.05, 0) is 31.1 Å². The Bertz CT molecular complexity index is 271. The summed E-state index contributed by atoms with van der Waals surface area (Å²) in [6, 6.07) is 0. The Morgan fingerprint density at radius 3 is 1.86 bits per heavy atom. The van der Waals surface area contributed by atoms with E-state index in [-0.39, 0.29) is 0 Å². The van der Waals surface area contributed by atoms with Crippen LogP contribution in [0.5, 0.6) is 0 Å². The molecule has 0 heterocycles. The highest BCUT2D eigenvalue weighted by atomic mass is 16.1. The summed E-state index contributed by atoms with van der Waals surface area (Å²) in [6.07, 6.45) is 5.38. The van der Waals surface area contributed by atoms with Crippen molar-refractivity contribution in [3.05, 3.63) is 0 Å². The van der Waals surface area contributed by atoms with Gasteiger partial charge in [-0.25, -0.2) is 9.59 Å². The first-order chi connectivity index (χ1) is 6.62. The predicted molar refractivity (Wildman–Crippen MR) is 51.2 cm³/mol. The molecule has 4 heteroatoms. The third-order valence-electron chi connectivity index (χ3n) is 2.66. The lowest BCUT2D eigenvalue weighted by atomic mass is 9.77. The van der Waals surface area contributed by atoms with Crippen LogP contribution in [0.25, 0.3) is 0 Å². The number of isocyanates is 2. The van der Waals surface area contributed by atoms with Crippen LogP contribution in [0.3, 0.4) is 0 Å². The smallest absolute Gasteiger partial charge is 0.211 e. The fourth-order valence-electron chi connectivity index (χ4n) is 2.43. The van der Waals surface area contributed by atoms with Crippen molar-refractivity contribution in [1.29, 1.82) is 0 Å². The normalized spacial score (nSPS) is 36.7. The van der Waals surface area contributed by atoms with Crippen LogP contribution in [0, 0.1) is 11.8 Å². The number of carbonyl (C=O) groups excluding carboxylic acids is 2. The van der Waals surface area contributed by atoms with Gasteiger partial charge in [0.25, 0.3) is 0 Å². The van der Waals surface area contributed by atoms with Gasteiger partial charge in [-0.15, -0.1) is 0 Å². The second kappa shape index (κ2) is 4.32. The molecular formula is C10H14N2O2. The minimum absolute atomic E-state index is 0.424. The first-order valence-electron chi connectivity index (χ1n) is 4.80. The Labute approximate surface area is 83.1 Å². The van der Waals surface area contributed by atoms with Crippen LogP contribution in [0.1, 0.15) is 33.1 Å². The van der Waals surface area contributed by atoms with Crippen molar-refractivity contribution in [3.63, 3.8) is 0 Å². The number of nitrogens with zero attached hydrogens (tertiary/aromatic N) is 2. The summed E-state index contributed by atoms with van der Waals surface area (Å²) in [5.74, 6) is 0.848. The minimum Gasteiger partial charge on any atom is -0.211 e. The summed E-state index contributed by atoms with van der Waals surface area (Å²) < 4.78 is 0. The van der Waals surface area contributed by atoms with Crippen molar-refractivity contribution in [2.75, 3.05) is 0 Å². The van der Waals surface area contributed by atoms with E-state index in [9.17, 15) is 9.59 Å². The SMILES string of the molecule is CC1CC(C)CC(N=C=O)(N=C=O)C1. The maximum atomic E-state index is 10.3. The van der Waals surface area contributed by atoms with Gasteiger partial charge in [0.2, 0.25) is 12.2 Å². The molecule has 0 radical (unpaired) electrons. The van der Waals surface area contributed by atoms with Crippen molar-refractivity contribution in [2.24, 2.45) is 21.8 Å². The van der Waals surface area contributed by atoms with Crippen LogP contribution in [0.2, 0.25) is 0 Å². The predicted octanol–water partition coefficient (Wildman–Crippen LogP) is 1.81. The van der Waals surface area contributed by atoms with Crippen molar-refractivity contribution in [2.45, 2.75) is 38.8 Å². The van der Waals surface area contributed by atoms with Crippen LogP contribution in [-0.4, -0.2) is 17.8 Å². The number of hydrogen-bond donors (Lipinski definition) is 0. The topological polar surface area (TPSA) is 58.9 Å². The molecule has 0 N–H and O–H groups in total. The maximum absolute atomic E-state index is 10.3. The molecule has 0 bridgehead atoms. The zero-order valence-corrected chi connectivity index (χ0v) is 8.49. The van der Waals surface area contributed by atoms with Gasteiger partial charge in [-0.3, -0.25) is 0 Å². The molecule has 0 spiro atoms. The van der Waals surface area contributed by atoms with E-state index in [1.807, 2.05) is 0 Å². The maximum Gasteiger partial charge on any atom is 0.237 e. The number of aliphatic imine (C=N–C) groups is 2. The van der Waals surface area contributed by atoms with Crippen molar-refractivity contribution in [3.8, 4) is 0 Å². The molecule has 14 heavy (non-hydrogen) atoms. The van der Waals surface area contributed by atoms with Crippen molar-refractivity contribution < 1.29 is 9.59 Å². The zero-order chi connectivity index (χ0) is 10.6. The standard InChI is InChI=1S/C10H14N2O2/c1-8-3-9(2)5-10(4-8,11-6-13)12-7-14/h8-9H,3-5H2,1-2H3. The third-order valence-corrected chi connectivity index (χ3v) is 2.66. The van der Waals surface area contributed by atoms with E-state index >= 15 is 0 Å². The molecule has 1 aliphatic rings. The van der Waals surface area contributed by atoms with Gasteiger partial charge in [0.1, 0.15) is 0 Å². The van der Waals surface area contributed by atoms with Crippen molar-refractivity contribution in [1.82, 2.24) is 0 Å². The molecule has 0 aromatic heterocycles. The minimum atomic E-state index is -0.874. The van der Waals surface area contributed by atoms with Gasteiger partial charge >= 0.3 is 0 Å². The molecule has 0 aromatic rings. The van der Waals surface area contributed by atoms with E-state index < -0.39 is 5.66 Å². The Kier molecular flexibility index (Phi) is 3.34. The molecule has 1 saturated carbocycles. The highest BCUT2D eigenvalue weighted by Crippen LogP contribution is 2.38. The van der Waals surface area contributed by atoms with E-state index in [4.69, 9.17) is 0 Å². The quantitative estimate of drug-likeness (QED) is 0.497. The fraction of sp³-hybridized carbons (Fsp3) is 0.800. The van der Waals surface area contributed by atoms with Gasteiger partial charge in [0.05, 0.1) is 0 Å². The van der Waals surface area contributed by atoms with E-state index in [1.54, 1.807) is 0 Å². The molecule has 1 aliphatic carbocycles. The van der Waals surface area contributed by atoms with E-state index in [1.165, 1.54) is 12.2 Å². The lowest BCUT2D eigenvalue weighted by Crippen LogP contribution is -2.34. The molecule has 76 valence electrons. The first-order valence-corrected chi connectivity index (χ1v) is 4.80. The largest absolute Gasteiger partial charge is 0.237 e. The van der Waals surface area contributed by atoms with Gasteiger partial charge in [-0.2, -0.15) is 9.98 Å². The van der Waals surface area contributed by atoms with E-state index in [0.717, 1.165) is 6.42 Å². The molecule has 2 atom stereocenters. The summed E-state index contributed by atoms with van der Waals surface area (Å²) in [4.78, 5) is 27.9. The Hall–Kier alpha value is -1.24. The van der Waals surface area contributed by atoms with E-state index in [0.29, 0.717) is 24.7 Å². The van der Waals surface area contributed by atoms with Gasteiger partial charge in [-0.1, -0.05) is 13.8 Å². The monoisotopic (exact) mass is 194 g/mol. The van der Waals surface area contributed by atoms with Crippen molar-refractivity contribution >= 4 is 12.2 Å². The van der Waals surface area contributed by atoms with E-state index in [2.05, 4.69) is 23.8 Å². The van der Waals surface area contributed by atoms with Crippen LogP contribution in [-0.2, 0) is 9.59 Å². The third kappa shape index (κ3) is 2.38. The summed E-state index contributed by atoms with van der Waals surface area (Å²) >= 11 is 0. The lowest BCUT2D eigenvalue weighted by Gasteiger charge is -2.34. The lowest BCUT2D eigenvalue weighted by molar-refractivity contribution is 0.192. The Balaban J connectivity index is 2.96. The average Bonchev–Trinajstić information content (AvgIpc) is 2.02. The molecule has 1 fully saturated rings. The second-order valence-corrected chi connectivity index (χ2v) is 4.24.